The van der Waals surface area contributed by atoms with Crippen molar-refractivity contribution in [2.24, 2.45) is 0 Å². The minimum absolute atomic E-state index is 0.153. The standard InChI is InChI=1S/C6H5N2O2/c7-4-1-2-8-5(3-4)6(9)10/h1-2H,(H2,7,8)(H,9,10). The van der Waals surface area contributed by atoms with E-state index in [0.29, 0.717) is 0 Å². The summed E-state index contributed by atoms with van der Waals surface area (Å²) in [6.07, 6.45) is 1.33. The highest BCUT2D eigenvalue weighted by Gasteiger charge is 2.02. The molecule has 1 heterocycles. The van der Waals surface area contributed by atoms with Crippen LogP contribution in [0, 0.1) is 6.07 Å². The summed E-state index contributed by atoms with van der Waals surface area (Å²) >= 11 is 0. The van der Waals surface area contributed by atoms with Crippen molar-refractivity contribution in [1.29, 1.82) is 0 Å². The van der Waals surface area contributed by atoms with Gasteiger partial charge in [-0.15, -0.1) is 0 Å². The minimum atomic E-state index is -1.12. The van der Waals surface area contributed by atoms with Gasteiger partial charge in [0.05, 0.1) is 0 Å². The number of hydrogen-bond acceptors (Lipinski definition) is 3. The molecule has 0 saturated carbocycles. The fraction of sp³-hybridized carbons (Fsp3) is 0. The van der Waals surface area contributed by atoms with Gasteiger partial charge in [-0.05, 0) is 6.07 Å². The molecule has 0 bridgehead atoms. The Hall–Kier alpha value is -1.58. The van der Waals surface area contributed by atoms with Crippen molar-refractivity contribution < 1.29 is 9.90 Å². The van der Waals surface area contributed by atoms with Gasteiger partial charge in [0.1, 0.15) is 0 Å². The van der Waals surface area contributed by atoms with Gasteiger partial charge in [0.15, 0.2) is 5.69 Å². The quantitative estimate of drug-likeness (QED) is 0.578. The van der Waals surface area contributed by atoms with Gasteiger partial charge in [-0.1, -0.05) is 0 Å². The summed E-state index contributed by atoms with van der Waals surface area (Å²) in [4.78, 5) is 13.7. The SMILES string of the molecule is Nc1[c]c(C(=O)O)ncc1. The van der Waals surface area contributed by atoms with Crippen LogP contribution in [0.1, 0.15) is 10.5 Å². The zero-order valence-corrected chi connectivity index (χ0v) is 5.03. The molecular formula is C6H5N2O2. The average molecular weight is 137 g/mol. The number of carbonyl (C=O) groups is 1. The molecule has 0 aliphatic heterocycles. The number of nitrogens with two attached hydrogens (primary N) is 1. The van der Waals surface area contributed by atoms with Crippen LogP contribution in [0.25, 0.3) is 0 Å². The lowest BCUT2D eigenvalue weighted by atomic mass is 10.3. The number of aromatic nitrogens is 1. The molecule has 0 spiro atoms. The minimum Gasteiger partial charge on any atom is -0.476 e. The van der Waals surface area contributed by atoms with E-state index in [0.717, 1.165) is 0 Å². The fourth-order valence-corrected chi connectivity index (χ4v) is 0.511. The van der Waals surface area contributed by atoms with Crippen LogP contribution in [0.5, 0.6) is 0 Å². The predicted molar refractivity (Wildman–Crippen MR) is 34.4 cm³/mol. The summed E-state index contributed by atoms with van der Waals surface area (Å²) in [5.74, 6) is -1.12. The van der Waals surface area contributed by atoms with Gasteiger partial charge < -0.3 is 10.8 Å². The van der Waals surface area contributed by atoms with E-state index in [1.54, 1.807) is 0 Å². The lowest BCUT2D eigenvalue weighted by molar-refractivity contribution is 0.0690. The van der Waals surface area contributed by atoms with Crippen molar-refractivity contribution >= 4 is 11.7 Å². The maximum absolute atomic E-state index is 10.2. The second-order valence-corrected chi connectivity index (χ2v) is 1.68. The molecule has 1 rings (SSSR count). The van der Waals surface area contributed by atoms with Crippen LogP contribution in [0.15, 0.2) is 12.3 Å². The summed E-state index contributed by atoms with van der Waals surface area (Å²) < 4.78 is 0. The van der Waals surface area contributed by atoms with Gasteiger partial charge in [0, 0.05) is 18.0 Å². The monoisotopic (exact) mass is 137 g/mol. The molecule has 4 heteroatoms. The van der Waals surface area contributed by atoms with Crippen LogP contribution in [0.2, 0.25) is 0 Å². The Morgan fingerprint density at radius 2 is 2.50 bits per heavy atom. The summed E-state index contributed by atoms with van der Waals surface area (Å²) in [5, 5.41) is 8.36. The Balaban J connectivity index is 3.07. The van der Waals surface area contributed by atoms with Gasteiger partial charge in [0.2, 0.25) is 0 Å². The Labute approximate surface area is 57.3 Å². The largest absolute Gasteiger partial charge is 0.476 e. The number of carboxylic acid groups (broad SMARTS) is 1. The van der Waals surface area contributed by atoms with Crippen molar-refractivity contribution in [2.75, 3.05) is 5.73 Å². The molecule has 0 unspecified atom stereocenters. The van der Waals surface area contributed by atoms with Gasteiger partial charge in [-0.3, -0.25) is 0 Å². The Bertz CT molecular complexity index is 260. The van der Waals surface area contributed by atoms with Gasteiger partial charge in [-0.2, -0.15) is 0 Å². The van der Waals surface area contributed by atoms with Crippen LogP contribution in [-0.4, -0.2) is 16.1 Å². The molecule has 10 heavy (non-hydrogen) atoms. The molecule has 0 fully saturated rings. The molecule has 0 atom stereocenters. The molecule has 0 aliphatic carbocycles. The first-order valence-corrected chi connectivity index (χ1v) is 2.57. The summed E-state index contributed by atoms with van der Waals surface area (Å²) in [7, 11) is 0. The molecule has 0 saturated heterocycles. The van der Waals surface area contributed by atoms with Gasteiger partial charge >= 0.3 is 5.97 Å². The molecule has 0 aliphatic rings. The Kier molecular flexibility index (Phi) is 1.53. The first-order chi connectivity index (χ1) is 4.70. The average Bonchev–Trinajstić information content (AvgIpc) is 1.88. The van der Waals surface area contributed by atoms with E-state index in [4.69, 9.17) is 10.8 Å². The molecule has 4 nitrogen and oxygen atoms in total. The zero-order chi connectivity index (χ0) is 7.56. The van der Waals surface area contributed by atoms with E-state index in [-0.39, 0.29) is 11.4 Å². The van der Waals surface area contributed by atoms with E-state index < -0.39 is 5.97 Å². The number of aromatic carboxylic acids is 1. The maximum Gasteiger partial charge on any atom is 0.355 e. The van der Waals surface area contributed by atoms with Gasteiger partial charge in [0.25, 0.3) is 0 Å². The Morgan fingerprint density at radius 3 is 2.90 bits per heavy atom. The molecule has 0 amide bonds. The maximum atomic E-state index is 10.2. The smallest absolute Gasteiger partial charge is 0.355 e. The molecule has 0 aromatic carbocycles. The van der Waals surface area contributed by atoms with Crippen molar-refractivity contribution in [1.82, 2.24) is 4.98 Å². The second kappa shape index (κ2) is 2.34. The number of carboxylic acids is 1. The molecule has 51 valence electrons. The van der Waals surface area contributed by atoms with Crippen LogP contribution >= 0.6 is 0 Å². The third-order valence-corrected chi connectivity index (χ3v) is 0.923. The van der Waals surface area contributed by atoms with Crippen molar-refractivity contribution in [3.63, 3.8) is 0 Å². The molecular weight excluding hydrogens is 132 g/mol. The molecule has 3 N–H and O–H groups in total. The van der Waals surface area contributed by atoms with Crippen LogP contribution < -0.4 is 5.73 Å². The zero-order valence-electron chi connectivity index (χ0n) is 5.03. The number of pyridine rings is 1. The highest BCUT2D eigenvalue weighted by atomic mass is 16.4. The first kappa shape index (κ1) is 6.54. The van der Waals surface area contributed by atoms with Crippen LogP contribution in [0.3, 0.4) is 0 Å². The highest BCUT2D eigenvalue weighted by Crippen LogP contribution is 2.00. The van der Waals surface area contributed by atoms with Crippen LogP contribution in [-0.2, 0) is 0 Å². The third kappa shape index (κ3) is 1.22. The van der Waals surface area contributed by atoms with E-state index in [1.165, 1.54) is 12.3 Å². The van der Waals surface area contributed by atoms with E-state index in [2.05, 4.69) is 11.1 Å². The third-order valence-electron chi connectivity index (χ3n) is 0.923. The summed E-state index contributed by atoms with van der Waals surface area (Å²) in [5.41, 5.74) is 5.37. The second-order valence-electron chi connectivity index (χ2n) is 1.68. The highest BCUT2D eigenvalue weighted by molar-refractivity contribution is 5.85. The number of anilines is 1. The fourth-order valence-electron chi connectivity index (χ4n) is 0.511. The van der Waals surface area contributed by atoms with Crippen molar-refractivity contribution in [2.45, 2.75) is 0 Å². The molecule has 1 radical (unpaired) electrons. The normalized spacial score (nSPS) is 9.20. The number of nitrogen functional groups attached to an aromatic ring is 1. The lowest BCUT2D eigenvalue weighted by Gasteiger charge is -1.91. The first-order valence-electron chi connectivity index (χ1n) is 2.57. The van der Waals surface area contributed by atoms with Crippen LogP contribution in [0.4, 0.5) is 5.69 Å². The van der Waals surface area contributed by atoms with Crippen molar-refractivity contribution in [3.05, 3.63) is 24.0 Å². The number of rotatable bonds is 1. The van der Waals surface area contributed by atoms with E-state index in [9.17, 15) is 4.79 Å². The van der Waals surface area contributed by atoms with E-state index >= 15 is 0 Å². The van der Waals surface area contributed by atoms with Crippen molar-refractivity contribution in [3.8, 4) is 0 Å². The topological polar surface area (TPSA) is 76.2 Å². The van der Waals surface area contributed by atoms with E-state index in [1.807, 2.05) is 0 Å². The molecule has 1 aromatic heterocycles. The Morgan fingerprint density at radius 1 is 1.80 bits per heavy atom. The van der Waals surface area contributed by atoms with Gasteiger partial charge in [-0.25, -0.2) is 9.78 Å². The molecule has 1 aromatic rings. The number of hydrogen-bond donors (Lipinski definition) is 2. The summed E-state index contributed by atoms with van der Waals surface area (Å²) in [6, 6.07) is 3.85. The lowest BCUT2D eigenvalue weighted by Crippen LogP contribution is -2.00. The number of nitrogens with zero attached hydrogens (tertiary/aromatic N) is 1. The summed E-state index contributed by atoms with van der Waals surface area (Å²) in [6.45, 7) is 0. The predicted octanol–water partition coefficient (Wildman–Crippen LogP) is 0.162.